The zero-order valence-corrected chi connectivity index (χ0v) is 9.83. The normalized spacial score (nSPS) is 18.5. The van der Waals surface area contributed by atoms with Gasteiger partial charge in [0.05, 0.1) is 0 Å². The maximum atomic E-state index is 13.5. The van der Waals surface area contributed by atoms with Crippen molar-refractivity contribution in [3.05, 3.63) is 35.4 Å². The molecule has 2 rings (SSSR count). The van der Waals surface area contributed by atoms with E-state index >= 15 is 0 Å². The summed E-state index contributed by atoms with van der Waals surface area (Å²) < 4.78 is 26.5. The second-order valence-corrected chi connectivity index (χ2v) is 4.67. The van der Waals surface area contributed by atoms with Gasteiger partial charge in [-0.3, -0.25) is 4.90 Å². The molecule has 0 aliphatic carbocycles. The first-order valence-corrected chi connectivity index (χ1v) is 6.06. The molecule has 0 bridgehead atoms. The minimum absolute atomic E-state index is 0.441. The van der Waals surface area contributed by atoms with Gasteiger partial charge in [0, 0.05) is 12.1 Å². The molecule has 1 aliphatic heterocycles. The lowest BCUT2D eigenvalue weighted by Gasteiger charge is -2.31. The number of nitrogens with zero attached hydrogens (tertiary/aromatic N) is 1. The smallest absolute Gasteiger partial charge is 0.163 e. The van der Waals surface area contributed by atoms with Gasteiger partial charge in [0.2, 0.25) is 0 Å². The van der Waals surface area contributed by atoms with Crippen molar-refractivity contribution in [1.82, 2.24) is 4.90 Å². The second kappa shape index (κ2) is 5.56. The Hall–Kier alpha value is -1.00. The van der Waals surface area contributed by atoms with Gasteiger partial charge in [-0.2, -0.15) is 0 Å². The molecule has 0 amide bonds. The third kappa shape index (κ3) is 3.01. The second-order valence-electron chi connectivity index (χ2n) is 4.67. The van der Waals surface area contributed by atoms with Crippen molar-refractivity contribution in [2.45, 2.75) is 19.4 Å². The van der Waals surface area contributed by atoms with Gasteiger partial charge in [-0.05, 0) is 44.5 Å². The maximum Gasteiger partial charge on any atom is 0.163 e. The van der Waals surface area contributed by atoms with Crippen molar-refractivity contribution < 1.29 is 8.78 Å². The average Bonchev–Trinajstić information content (AvgIpc) is 2.36. The molecule has 1 aromatic rings. The van der Waals surface area contributed by atoms with Crippen LogP contribution in [0.5, 0.6) is 0 Å². The van der Waals surface area contributed by atoms with Gasteiger partial charge in [-0.25, -0.2) is 8.78 Å². The fraction of sp³-hybridized carbons (Fsp3) is 0.538. The number of benzene rings is 1. The van der Waals surface area contributed by atoms with E-state index in [2.05, 4.69) is 4.90 Å². The average molecular weight is 240 g/mol. The van der Waals surface area contributed by atoms with Crippen molar-refractivity contribution >= 4 is 0 Å². The fourth-order valence-corrected chi connectivity index (χ4v) is 2.29. The number of rotatable bonds is 3. The quantitative estimate of drug-likeness (QED) is 0.877. The Morgan fingerprint density at radius 2 is 1.94 bits per heavy atom. The summed E-state index contributed by atoms with van der Waals surface area (Å²) in [7, 11) is 0. The molecule has 94 valence electrons. The molecule has 17 heavy (non-hydrogen) atoms. The van der Waals surface area contributed by atoms with Crippen molar-refractivity contribution in [2.75, 3.05) is 19.6 Å². The SMILES string of the molecule is NCC1CCN(Cc2cccc(F)c2F)CC1. The van der Waals surface area contributed by atoms with Crippen molar-refractivity contribution in [2.24, 2.45) is 11.7 Å². The molecule has 1 heterocycles. The first kappa shape index (κ1) is 12.5. The first-order valence-electron chi connectivity index (χ1n) is 6.06. The van der Waals surface area contributed by atoms with Gasteiger partial charge in [0.1, 0.15) is 0 Å². The van der Waals surface area contributed by atoms with Crippen LogP contribution in [0.15, 0.2) is 18.2 Å². The van der Waals surface area contributed by atoms with Gasteiger partial charge in [-0.1, -0.05) is 12.1 Å². The van der Waals surface area contributed by atoms with Crippen molar-refractivity contribution in [3.63, 3.8) is 0 Å². The number of piperidine rings is 1. The Morgan fingerprint density at radius 1 is 1.24 bits per heavy atom. The molecule has 0 spiro atoms. The van der Waals surface area contributed by atoms with Gasteiger partial charge in [-0.15, -0.1) is 0 Å². The number of hydrogen-bond donors (Lipinski definition) is 1. The van der Waals surface area contributed by atoms with Crippen LogP contribution in [0, 0.1) is 17.6 Å². The predicted molar refractivity (Wildman–Crippen MR) is 63.4 cm³/mol. The van der Waals surface area contributed by atoms with Crippen molar-refractivity contribution in [1.29, 1.82) is 0 Å². The molecule has 2 nitrogen and oxygen atoms in total. The highest BCUT2D eigenvalue weighted by Crippen LogP contribution is 2.19. The van der Waals surface area contributed by atoms with Crippen LogP contribution < -0.4 is 5.73 Å². The molecule has 1 fully saturated rings. The summed E-state index contributed by atoms with van der Waals surface area (Å²) in [6.07, 6.45) is 2.10. The summed E-state index contributed by atoms with van der Waals surface area (Å²) >= 11 is 0. The molecule has 0 saturated carbocycles. The zero-order chi connectivity index (χ0) is 12.3. The summed E-state index contributed by atoms with van der Waals surface area (Å²) in [6, 6.07) is 4.35. The molecule has 1 saturated heterocycles. The van der Waals surface area contributed by atoms with E-state index in [4.69, 9.17) is 5.73 Å². The summed E-state index contributed by atoms with van der Waals surface area (Å²) in [6.45, 7) is 3.04. The summed E-state index contributed by atoms with van der Waals surface area (Å²) in [5, 5.41) is 0. The van der Waals surface area contributed by atoms with Gasteiger partial charge in [0.15, 0.2) is 11.6 Å². The third-order valence-electron chi connectivity index (χ3n) is 3.47. The summed E-state index contributed by atoms with van der Waals surface area (Å²) in [5.74, 6) is -0.892. The van der Waals surface area contributed by atoms with E-state index in [0.717, 1.165) is 38.5 Å². The van der Waals surface area contributed by atoms with Crippen molar-refractivity contribution in [3.8, 4) is 0 Å². The van der Waals surface area contributed by atoms with Gasteiger partial charge in [0.25, 0.3) is 0 Å². The van der Waals surface area contributed by atoms with Crippen LogP contribution >= 0.6 is 0 Å². The van der Waals surface area contributed by atoms with E-state index in [1.807, 2.05) is 0 Å². The Morgan fingerprint density at radius 3 is 2.59 bits per heavy atom. The standard InChI is InChI=1S/C13H18F2N2/c14-12-3-1-2-11(13(12)15)9-17-6-4-10(8-16)5-7-17/h1-3,10H,4-9,16H2. The van der Waals surface area contributed by atoms with E-state index < -0.39 is 11.6 Å². The number of nitrogens with two attached hydrogens (primary N) is 1. The Labute approximate surface area is 100 Å². The fourth-order valence-electron chi connectivity index (χ4n) is 2.29. The van der Waals surface area contributed by atoms with Gasteiger partial charge >= 0.3 is 0 Å². The minimum Gasteiger partial charge on any atom is -0.330 e. The lowest BCUT2D eigenvalue weighted by atomic mass is 9.97. The number of likely N-dealkylation sites (tertiary alicyclic amines) is 1. The molecule has 0 aromatic heterocycles. The summed E-state index contributed by atoms with van der Waals surface area (Å²) in [4.78, 5) is 2.16. The van der Waals surface area contributed by atoms with E-state index in [-0.39, 0.29) is 0 Å². The van der Waals surface area contributed by atoms with E-state index in [9.17, 15) is 8.78 Å². The Kier molecular flexibility index (Phi) is 4.07. The number of hydrogen-bond acceptors (Lipinski definition) is 2. The molecule has 4 heteroatoms. The molecular weight excluding hydrogens is 222 g/mol. The molecule has 0 unspecified atom stereocenters. The largest absolute Gasteiger partial charge is 0.330 e. The molecule has 1 aromatic carbocycles. The molecule has 2 N–H and O–H groups in total. The lowest BCUT2D eigenvalue weighted by molar-refractivity contribution is 0.178. The van der Waals surface area contributed by atoms with E-state index in [0.29, 0.717) is 18.0 Å². The highest BCUT2D eigenvalue weighted by atomic mass is 19.2. The first-order chi connectivity index (χ1) is 8.20. The third-order valence-corrected chi connectivity index (χ3v) is 3.47. The predicted octanol–water partition coefficient (Wildman–Crippen LogP) is 2.14. The lowest BCUT2D eigenvalue weighted by Crippen LogP contribution is -2.35. The van der Waals surface area contributed by atoms with Crippen LogP contribution in [0.2, 0.25) is 0 Å². The topological polar surface area (TPSA) is 29.3 Å². The summed E-state index contributed by atoms with van der Waals surface area (Å²) in [5.41, 5.74) is 6.06. The van der Waals surface area contributed by atoms with E-state index in [1.165, 1.54) is 0 Å². The van der Waals surface area contributed by atoms with Crippen LogP contribution in [0.25, 0.3) is 0 Å². The monoisotopic (exact) mass is 240 g/mol. The molecular formula is C13H18F2N2. The minimum atomic E-state index is -0.764. The molecule has 0 atom stereocenters. The van der Waals surface area contributed by atoms with Crippen LogP contribution in [0.4, 0.5) is 8.78 Å². The van der Waals surface area contributed by atoms with Crippen LogP contribution in [0.3, 0.4) is 0 Å². The van der Waals surface area contributed by atoms with Crippen LogP contribution in [-0.2, 0) is 6.54 Å². The Balaban J connectivity index is 1.95. The highest BCUT2D eigenvalue weighted by Gasteiger charge is 2.19. The maximum absolute atomic E-state index is 13.5. The van der Waals surface area contributed by atoms with E-state index in [1.54, 1.807) is 12.1 Å². The highest BCUT2D eigenvalue weighted by molar-refractivity contribution is 5.18. The van der Waals surface area contributed by atoms with Crippen LogP contribution in [0.1, 0.15) is 18.4 Å². The Bertz CT molecular complexity index is 374. The number of halogens is 2. The zero-order valence-electron chi connectivity index (χ0n) is 9.83. The van der Waals surface area contributed by atoms with Crippen LogP contribution in [-0.4, -0.2) is 24.5 Å². The molecule has 1 aliphatic rings. The molecule has 0 radical (unpaired) electrons. The van der Waals surface area contributed by atoms with Gasteiger partial charge < -0.3 is 5.73 Å².